The molecule has 1 fully saturated rings. The molecule has 0 spiro atoms. The van der Waals surface area contributed by atoms with Crippen LogP contribution >= 0.6 is 0 Å². The van der Waals surface area contributed by atoms with E-state index >= 15 is 0 Å². The maximum absolute atomic E-state index is 13.4. The molecule has 0 radical (unpaired) electrons. The highest BCUT2D eigenvalue weighted by molar-refractivity contribution is 5.81. The van der Waals surface area contributed by atoms with Crippen molar-refractivity contribution in [1.82, 2.24) is 0 Å². The van der Waals surface area contributed by atoms with Gasteiger partial charge < -0.3 is 14.6 Å². The van der Waals surface area contributed by atoms with Crippen molar-refractivity contribution in [2.24, 2.45) is 16.7 Å². The van der Waals surface area contributed by atoms with Crippen molar-refractivity contribution < 1.29 is 50.9 Å². The maximum atomic E-state index is 13.4. The lowest BCUT2D eigenvalue weighted by atomic mass is 9.69. The van der Waals surface area contributed by atoms with Crippen LogP contribution < -0.4 is 0 Å². The lowest BCUT2D eigenvalue weighted by Crippen LogP contribution is -2.45. The Morgan fingerprint density at radius 3 is 1.94 bits per heavy atom. The fourth-order valence-electron chi connectivity index (χ4n) is 4.45. The highest BCUT2D eigenvalue weighted by Crippen LogP contribution is 2.44. The highest BCUT2D eigenvalue weighted by atomic mass is 19.4. The third kappa shape index (κ3) is 7.28. The Morgan fingerprint density at radius 1 is 1.00 bits per heavy atom. The molecule has 0 amide bonds. The summed E-state index contributed by atoms with van der Waals surface area (Å²) in [6.45, 7) is 5.41. The van der Waals surface area contributed by atoms with Crippen LogP contribution in [0.15, 0.2) is 0 Å². The fraction of sp³-hybridized carbons (Fsp3) is 0.870. The minimum Gasteiger partial charge on any atom is -0.481 e. The van der Waals surface area contributed by atoms with Crippen LogP contribution in [-0.4, -0.2) is 47.3 Å². The SMILES string of the molecule is CCC(CC(C)(CC(C)(C)C(=O)O)C(=O)OC1(CC)CCCC1)C(=O)OCC(F)(F)C(F)(F)F. The third-order valence-corrected chi connectivity index (χ3v) is 6.71. The number of hydrogen-bond donors (Lipinski definition) is 1. The number of carboxylic acids is 1. The highest BCUT2D eigenvalue weighted by Gasteiger charge is 2.58. The molecule has 34 heavy (non-hydrogen) atoms. The van der Waals surface area contributed by atoms with E-state index in [1.807, 2.05) is 6.92 Å². The summed E-state index contributed by atoms with van der Waals surface area (Å²) in [6.07, 6.45) is -2.93. The lowest BCUT2D eigenvalue weighted by Gasteiger charge is -2.39. The summed E-state index contributed by atoms with van der Waals surface area (Å²) in [5.41, 5.74) is -3.64. The number of aliphatic carboxylic acids is 1. The molecule has 0 heterocycles. The lowest BCUT2D eigenvalue weighted by molar-refractivity contribution is -0.294. The fourth-order valence-corrected chi connectivity index (χ4v) is 4.45. The van der Waals surface area contributed by atoms with E-state index in [0.717, 1.165) is 12.8 Å². The van der Waals surface area contributed by atoms with E-state index in [4.69, 9.17) is 4.74 Å². The Labute approximate surface area is 196 Å². The van der Waals surface area contributed by atoms with E-state index in [1.165, 1.54) is 27.7 Å². The first kappa shape index (κ1) is 30.1. The van der Waals surface area contributed by atoms with Crippen LogP contribution in [0.25, 0.3) is 0 Å². The van der Waals surface area contributed by atoms with Crippen LogP contribution in [0.2, 0.25) is 0 Å². The minimum absolute atomic E-state index is 0.0221. The number of alkyl halides is 5. The average Bonchev–Trinajstić information content (AvgIpc) is 3.18. The van der Waals surface area contributed by atoms with Gasteiger partial charge in [0.1, 0.15) is 5.60 Å². The standard InChI is InChI=1S/C23H35F5O6/c1-6-15(16(29)33-14-22(24,25)23(26,27)28)12-20(5,13-19(3,4)17(30)31)18(32)34-21(7-2)10-8-9-11-21/h15H,6-14H2,1-5H3,(H,30,31). The first-order chi connectivity index (χ1) is 15.3. The van der Waals surface area contributed by atoms with E-state index in [9.17, 15) is 41.4 Å². The molecule has 0 aromatic heterocycles. The van der Waals surface area contributed by atoms with Crippen LogP contribution in [0, 0.1) is 16.7 Å². The van der Waals surface area contributed by atoms with Crippen molar-refractivity contribution in [1.29, 1.82) is 0 Å². The normalized spacial score (nSPS) is 19.2. The molecule has 198 valence electrons. The zero-order valence-corrected chi connectivity index (χ0v) is 20.3. The van der Waals surface area contributed by atoms with Gasteiger partial charge in [0.2, 0.25) is 0 Å². The Kier molecular flexibility index (Phi) is 9.53. The van der Waals surface area contributed by atoms with Gasteiger partial charge in [0, 0.05) is 0 Å². The molecule has 1 aliphatic rings. The monoisotopic (exact) mass is 502 g/mol. The van der Waals surface area contributed by atoms with E-state index in [0.29, 0.717) is 19.3 Å². The molecule has 0 saturated heterocycles. The van der Waals surface area contributed by atoms with Crippen LogP contribution in [0.1, 0.15) is 86.0 Å². The van der Waals surface area contributed by atoms with Gasteiger partial charge in [-0.05, 0) is 72.1 Å². The number of rotatable bonds is 12. The molecule has 1 saturated carbocycles. The van der Waals surface area contributed by atoms with Crippen LogP contribution in [-0.2, 0) is 23.9 Å². The van der Waals surface area contributed by atoms with Crippen molar-refractivity contribution in [3.8, 4) is 0 Å². The van der Waals surface area contributed by atoms with Gasteiger partial charge in [0.25, 0.3) is 0 Å². The Bertz CT molecular complexity index is 743. The smallest absolute Gasteiger partial charge is 0.456 e. The summed E-state index contributed by atoms with van der Waals surface area (Å²) >= 11 is 0. The second kappa shape index (κ2) is 10.8. The van der Waals surface area contributed by atoms with Gasteiger partial charge in [-0.3, -0.25) is 14.4 Å². The summed E-state index contributed by atoms with van der Waals surface area (Å²) in [4.78, 5) is 37.5. The molecule has 6 nitrogen and oxygen atoms in total. The summed E-state index contributed by atoms with van der Waals surface area (Å²) in [6, 6.07) is 0. The number of hydrogen-bond acceptors (Lipinski definition) is 5. The third-order valence-electron chi connectivity index (χ3n) is 6.71. The van der Waals surface area contributed by atoms with E-state index in [1.54, 1.807) is 0 Å². The molecule has 0 aliphatic heterocycles. The van der Waals surface area contributed by atoms with Gasteiger partial charge in [0.05, 0.1) is 16.7 Å². The van der Waals surface area contributed by atoms with Gasteiger partial charge in [0.15, 0.2) is 6.61 Å². The number of halogens is 5. The predicted octanol–water partition coefficient (Wildman–Crippen LogP) is 5.92. The number of ether oxygens (including phenoxy) is 2. The molecular weight excluding hydrogens is 467 g/mol. The molecule has 1 aliphatic carbocycles. The van der Waals surface area contributed by atoms with Crippen LogP contribution in [0.4, 0.5) is 22.0 Å². The molecule has 0 bridgehead atoms. The van der Waals surface area contributed by atoms with Gasteiger partial charge >= 0.3 is 30.0 Å². The van der Waals surface area contributed by atoms with E-state index in [-0.39, 0.29) is 19.3 Å². The number of carbonyl (C=O) groups is 3. The molecule has 2 atom stereocenters. The second-order valence-corrected chi connectivity index (χ2v) is 10.2. The van der Waals surface area contributed by atoms with Crippen LogP contribution in [0.5, 0.6) is 0 Å². The largest absolute Gasteiger partial charge is 0.481 e. The minimum atomic E-state index is -5.88. The van der Waals surface area contributed by atoms with E-state index < -0.39 is 59.0 Å². The molecule has 0 aromatic carbocycles. The number of esters is 2. The van der Waals surface area contributed by atoms with Crippen molar-refractivity contribution in [3.63, 3.8) is 0 Å². The second-order valence-electron chi connectivity index (χ2n) is 10.2. The Morgan fingerprint density at radius 2 is 1.53 bits per heavy atom. The van der Waals surface area contributed by atoms with Gasteiger partial charge in [-0.15, -0.1) is 0 Å². The average molecular weight is 503 g/mol. The molecular formula is C23H35F5O6. The van der Waals surface area contributed by atoms with E-state index in [2.05, 4.69) is 4.74 Å². The van der Waals surface area contributed by atoms with Gasteiger partial charge in [-0.25, -0.2) is 0 Å². The summed E-state index contributed by atoms with van der Waals surface area (Å²) < 4.78 is 73.8. The van der Waals surface area contributed by atoms with Crippen molar-refractivity contribution in [2.75, 3.05) is 6.61 Å². The topological polar surface area (TPSA) is 89.9 Å². The molecule has 2 unspecified atom stereocenters. The predicted molar refractivity (Wildman–Crippen MR) is 112 cm³/mol. The zero-order chi connectivity index (χ0) is 26.6. The first-order valence-corrected chi connectivity index (χ1v) is 11.4. The Balaban J connectivity index is 3.16. The molecule has 11 heteroatoms. The maximum Gasteiger partial charge on any atom is 0.456 e. The zero-order valence-electron chi connectivity index (χ0n) is 20.3. The summed E-state index contributed by atoms with van der Waals surface area (Å²) in [7, 11) is 0. The number of carbonyl (C=O) groups excluding carboxylic acids is 2. The van der Waals surface area contributed by atoms with Crippen molar-refractivity contribution in [2.45, 2.75) is 104 Å². The van der Waals surface area contributed by atoms with Crippen LogP contribution in [0.3, 0.4) is 0 Å². The van der Waals surface area contributed by atoms with Gasteiger partial charge in [-0.1, -0.05) is 13.8 Å². The summed E-state index contributed by atoms with van der Waals surface area (Å²) in [5.74, 6) is -9.67. The quantitative estimate of drug-likeness (QED) is 0.263. The molecule has 1 rings (SSSR count). The number of carboxylic acid groups (broad SMARTS) is 1. The van der Waals surface area contributed by atoms with Crippen molar-refractivity contribution in [3.05, 3.63) is 0 Å². The van der Waals surface area contributed by atoms with Gasteiger partial charge in [-0.2, -0.15) is 22.0 Å². The first-order valence-electron chi connectivity index (χ1n) is 11.4. The summed E-state index contributed by atoms with van der Waals surface area (Å²) in [5, 5.41) is 9.58. The molecule has 1 N–H and O–H groups in total. The Hall–Kier alpha value is -1.94. The molecule has 0 aromatic rings. The van der Waals surface area contributed by atoms with Crippen molar-refractivity contribution >= 4 is 17.9 Å².